The Labute approximate surface area is 114 Å². The minimum Gasteiger partial charge on any atom is -0.390 e. The van der Waals surface area contributed by atoms with E-state index in [-0.39, 0.29) is 17.5 Å². The second kappa shape index (κ2) is 5.62. The number of hydrogen-bond acceptors (Lipinski definition) is 4. The average molecular weight is 287 g/mol. The summed E-state index contributed by atoms with van der Waals surface area (Å²) in [5, 5.41) is 8.99. The summed E-state index contributed by atoms with van der Waals surface area (Å²) >= 11 is 0. The van der Waals surface area contributed by atoms with Crippen molar-refractivity contribution >= 4 is 10.0 Å². The summed E-state index contributed by atoms with van der Waals surface area (Å²) in [6.07, 6.45) is 3.14. The number of rotatable bonds is 4. The third kappa shape index (κ3) is 3.00. The van der Waals surface area contributed by atoms with Crippen molar-refractivity contribution in [2.24, 2.45) is 0 Å². The molecule has 1 saturated heterocycles. The Hall–Kier alpha value is -0.890. The van der Waals surface area contributed by atoms with Gasteiger partial charge in [0.2, 0.25) is 10.0 Å². The predicted molar refractivity (Wildman–Crippen MR) is 72.2 cm³/mol. The van der Waals surface area contributed by atoms with E-state index in [1.807, 2.05) is 7.05 Å². The van der Waals surface area contributed by atoms with Crippen LogP contribution in [0.2, 0.25) is 0 Å². The fraction of sp³-hybridized carbons (Fsp3) is 0.667. The molecular weight excluding hydrogens is 266 g/mol. The van der Waals surface area contributed by atoms with Crippen LogP contribution in [0.15, 0.2) is 17.2 Å². The van der Waals surface area contributed by atoms with Gasteiger partial charge in [-0.25, -0.2) is 8.42 Å². The number of likely N-dealkylation sites (tertiary alicyclic amines) is 1. The lowest BCUT2D eigenvalue weighted by Gasteiger charge is -2.34. The van der Waals surface area contributed by atoms with Crippen LogP contribution >= 0.6 is 0 Å². The number of sulfonamides is 1. The normalized spacial score (nSPS) is 19.2. The van der Waals surface area contributed by atoms with Crippen molar-refractivity contribution in [2.45, 2.75) is 30.4 Å². The smallest absolute Gasteiger partial charge is 0.244 e. The number of nitrogens with one attached hydrogen (secondary N) is 1. The van der Waals surface area contributed by atoms with Crippen LogP contribution in [-0.4, -0.2) is 60.9 Å². The molecule has 108 valence electrons. The summed E-state index contributed by atoms with van der Waals surface area (Å²) in [6.45, 7) is 1.65. The van der Waals surface area contributed by atoms with E-state index < -0.39 is 10.0 Å². The molecule has 0 unspecified atom stereocenters. The van der Waals surface area contributed by atoms with E-state index >= 15 is 0 Å². The van der Waals surface area contributed by atoms with Crippen molar-refractivity contribution < 1.29 is 13.5 Å². The second-order valence-electron chi connectivity index (χ2n) is 5.07. The molecule has 0 saturated carbocycles. The molecule has 0 spiro atoms. The first kappa shape index (κ1) is 14.5. The van der Waals surface area contributed by atoms with Crippen molar-refractivity contribution in [2.75, 3.05) is 27.2 Å². The Kier molecular flexibility index (Phi) is 4.29. The number of hydrogen-bond donors (Lipinski definition) is 2. The average Bonchev–Trinajstić information content (AvgIpc) is 2.88. The van der Waals surface area contributed by atoms with Gasteiger partial charge in [-0.15, -0.1) is 0 Å². The Morgan fingerprint density at radius 3 is 2.63 bits per heavy atom. The zero-order valence-corrected chi connectivity index (χ0v) is 12.2. The summed E-state index contributed by atoms with van der Waals surface area (Å²) in [5.41, 5.74) is 0.510. The Morgan fingerprint density at radius 2 is 2.11 bits per heavy atom. The third-order valence-electron chi connectivity index (χ3n) is 3.77. The van der Waals surface area contributed by atoms with Gasteiger partial charge in [0.05, 0.1) is 11.5 Å². The van der Waals surface area contributed by atoms with Crippen LogP contribution in [-0.2, 0) is 16.6 Å². The lowest BCUT2D eigenvalue weighted by atomic mass is 10.1. The molecule has 0 bridgehead atoms. The third-order valence-corrected chi connectivity index (χ3v) is 5.65. The van der Waals surface area contributed by atoms with Gasteiger partial charge in [-0.05, 0) is 39.0 Å². The number of aromatic nitrogens is 1. The number of nitrogens with zero attached hydrogens (tertiary/aromatic N) is 2. The summed E-state index contributed by atoms with van der Waals surface area (Å²) in [7, 11) is 0.209. The first-order valence-corrected chi connectivity index (χ1v) is 7.84. The van der Waals surface area contributed by atoms with E-state index in [4.69, 9.17) is 5.11 Å². The van der Waals surface area contributed by atoms with E-state index in [0.29, 0.717) is 5.69 Å². The monoisotopic (exact) mass is 287 g/mol. The van der Waals surface area contributed by atoms with Crippen LogP contribution in [0.25, 0.3) is 0 Å². The maximum absolute atomic E-state index is 12.5. The first-order valence-electron chi connectivity index (χ1n) is 6.40. The number of aliphatic hydroxyl groups excluding tert-OH is 1. The highest BCUT2D eigenvalue weighted by Gasteiger charge is 2.30. The standard InChI is InChI=1S/C12H21N3O3S/c1-14-5-3-11(4-6-14)15(2)19(17,18)12-7-10(9-16)13-8-12/h7-8,11,13,16H,3-6,9H2,1-2H3. The SMILES string of the molecule is CN1CCC(N(C)S(=O)(=O)c2c[nH]c(CO)c2)CC1. The Morgan fingerprint density at radius 1 is 1.47 bits per heavy atom. The van der Waals surface area contributed by atoms with Gasteiger partial charge in [-0.1, -0.05) is 0 Å². The van der Waals surface area contributed by atoms with Crippen LogP contribution in [0.4, 0.5) is 0 Å². The molecule has 1 aromatic rings. The van der Waals surface area contributed by atoms with Crippen LogP contribution in [0, 0.1) is 0 Å². The molecule has 1 aromatic heterocycles. The first-order chi connectivity index (χ1) is 8.95. The van der Waals surface area contributed by atoms with E-state index in [9.17, 15) is 8.42 Å². The topological polar surface area (TPSA) is 76.6 Å². The molecule has 19 heavy (non-hydrogen) atoms. The molecule has 1 aliphatic heterocycles. The van der Waals surface area contributed by atoms with Gasteiger partial charge in [0, 0.05) is 25.0 Å². The van der Waals surface area contributed by atoms with Crippen molar-refractivity contribution in [1.82, 2.24) is 14.2 Å². The Bertz CT molecular complexity index is 518. The van der Waals surface area contributed by atoms with Crippen LogP contribution in [0.5, 0.6) is 0 Å². The number of H-pyrrole nitrogens is 1. The molecule has 0 atom stereocenters. The van der Waals surface area contributed by atoms with Crippen molar-refractivity contribution in [3.05, 3.63) is 18.0 Å². The summed E-state index contributed by atoms with van der Waals surface area (Å²) in [6, 6.07) is 1.54. The second-order valence-corrected chi connectivity index (χ2v) is 7.07. The number of aliphatic hydroxyl groups is 1. The largest absolute Gasteiger partial charge is 0.390 e. The summed E-state index contributed by atoms with van der Waals surface area (Å²) < 4.78 is 26.4. The lowest BCUT2D eigenvalue weighted by Crippen LogP contribution is -2.44. The fourth-order valence-corrected chi connectivity index (χ4v) is 3.82. The molecule has 1 aliphatic rings. The molecule has 0 amide bonds. The van der Waals surface area contributed by atoms with E-state index in [2.05, 4.69) is 9.88 Å². The molecule has 0 aromatic carbocycles. The van der Waals surface area contributed by atoms with Gasteiger partial charge >= 0.3 is 0 Å². The van der Waals surface area contributed by atoms with Gasteiger partial charge in [-0.3, -0.25) is 0 Å². The molecular formula is C12H21N3O3S. The highest BCUT2D eigenvalue weighted by Crippen LogP contribution is 2.22. The van der Waals surface area contributed by atoms with Gasteiger partial charge in [0.25, 0.3) is 0 Å². The minimum atomic E-state index is -3.47. The van der Waals surface area contributed by atoms with Crippen LogP contribution < -0.4 is 0 Å². The zero-order chi connectivity index (χ0) is 14.0. The molecule has 2 heterocycles. The van der Waals surface area contributed by atoms with Gasteiger partial charge < -0.3 is 15.0 Å². The molecule has 2 N–H and O–H groups in total. The lowest BCUT2D eigenvalue weighted by molar-refractivity contribution is 0.197. The molecule has 6 nitrogen and oxygen atoms in total. The van der Waals surface area contributed by atoms with Crippen molar-refractivity contribution in [1.29, 1.82) is 0 Å². The van der Waals surface area contributed by atoms with E-state index in [0.717, 1.165) is 25.9 Å². The number of piperidine rings is 1. The molecule has 0 aliphatic carbocycles. The quantitative estimate of drug-likeness (QED) is 0.830. The maximum Gasteiger partial charge on any atom is 0.244 e. The van der Waals surface area contributed by atoms with Crippen LogP contribution in [0.1, 0.15) is 18.5 Å². The highest BCUT2D eigenvalue weighted by molar-refractivity contribution is 7.89. The van der Waals surface area contributed by atoms with Gasteiger partial charge in [0.15, 0.2) is 0 Å². The summed E-state index contributed by atoms with van der Waals surface area (Å²) in [4.78, 5) is 5.19. The predicted octanol–water partition coefficient (Wildman–Crippen LogP) is 0.222. The molecule has 7 heteroatoms. The van der Waals surface area contributed by atoms with Crippen molar-refractivity contribution in [3.63, 3.8) is 0 Å². The minimum absolute atomic E-state index is 0.0497. The van der Waals surface area contributed by atoms with Crippen molar-refractivity contribution in [3.8, 4) is 0 Å². The maximum atomic E-state index is 12.5. The molecule has 1 fully saturated rings. The van der Waals surface area contributed by atoms with Gasteiger partial charge in [-0.2, -0.15) is 4.31 Å². The van der Waals surface area contributed by atoms with E-state index in [1.54, 1.807) is 7.05 Å². The Balaban J connectivity index is 2.14. The van der Waals surface area contributed by atoms with E-state index in [1.165, 1.54) is 16.6 Å². The molecule has 2 rings (SSSR count). The highest BCUT2D eigenvalue weighted by atomic mass is 32.2. The van der Waals surface area contributed by atoms with Gasteiger partial charge in [0.1, 0.15) is 0 Å². The summed E-state index contributed by atoms with van der Waals surface area (Å²) in [5.74, 6) is 0. The number of aromatic amines is 1. The fourth-order valence-electron chi connectivity index (χ4n) is 2.38. The zero-order valence-electron chi connectivity index (χ0n) is 11.3. The van der Waals surface area contributed by atoms with Crippen LogP contribution in [0.3, 0.4) is 0 Å². The molecule has 0 radical (unpaired) electrons.